The molecule has 3 heteroatoms. The van der Waals surface area contributed by atoms with Crippen molar-refractivity contribution in [3.8, 4) is 0 Å². The van der Waals surface area contributed by atoms with Crippen molar-refractivity contribution < 1.29 is 9.90 Å². The predicted octanol–water partition coefficient (Wildman–Crippen LogP) is 2.26. The van der Waals surface area contributed by atoms with Gasteiger partial charge in [-0.3, -0.25) is 0 Å². The first-order valence-electron chi connectivity index (χ1n) is 3.84. The Labute approximate surface area is 70.7 Å². The first-order valence-corrected chi connectivity index (χ1v) is 4.78. The maximum absolute atomic E-state index is 10.1. The van der Waals surface area contributed by atoms with Gasteiger partial charge in [0, 0.05) is 11.3 Å². The van der Waals surface area contributed by atoms with Crippen molar-refractivity contribution in [3.05, 3.63) is 11.5 Å². The summed E-state index contributed by atoms with van der Waals surface area (Å²) in [5.74, 6) is -0.851. The third-order valence-corrected chi connectivity index (χ3v) is 2.93. The number of carboxylic acids is 1. The molecule has 0 bridgehead atoms. The Bertz CT molecular complexity index is 159. The highest BCUT2D eigenvalue weighted by molar-refractivity contribution is 8.02. The van der Waals surface area contributed by atoms with Gasteiger partial charge in [-0.05, 0) is 18.2 Å². The summed E-state index contributed by atoms with van der Waals surface area (Å²) < 4.78 is 0. The summed E-state index contributed by atoms with van der Waals surface area (Å²) in [5.41, 5.74) is 0. The van der Waals surface area contributed by atoms with E-state index >= 15 is 0 Å². The van der Waals surface area contributed by atoms with E-state index in [9.17, 15) is 4.79 Å². The molecule has 62 valence electrons. The molecule has 0 saturated heterocycles. The molecule has 1 fully saturated rings. The predicted molar refractivity (Wildman–Crippen MR) is 46.6 cm³/mol. The van der Waals surface area contributed by atoms with Gasteiger partial charge in [-0.1, -0.05) is 12.8 Å². The molecule has 2 nitrogen and oxygen atoms in total. The minimum absolute atomic E-state index is 0.672. The van der Waals surface area contributed by atoms with Gasteiger partial charge in [0.1, 0.15) is 0 Å². The average Bonchev–Trinajstić information content (AvgIpc) is 2.39. The van der Waals surface area contributed by atoms with Gasteiger partial charge in [0.15, 0.2) is 0 Å². The van der Waals surface area contributed by atoms with Gasteiger partial charge >= 0.3 is 5.97 Å². The molecule has 0 spiro atoms. The van der Waals surface area contributed by atoms with Crippen LogP contribution in [0, 0.1) is 0 Å². The van der Waals surface area contributed by atoms with Gasteiger partial charge in [0.2, 0.25) is 0 Å². The molecule has 11 heavy (non-hydrogen) atoms. The van der Waals surface area contributed by atoms with Crippen LogP contribution in [0.3, 0.4) is 0 Å². The summed E-state index contributed by atoms with van der Waals surface area (Å²) in [7, 11) is 0. The molecule has 1 rings (SSSR count). The van der Waals surface area contributed by atoms with Crippen molar-refractivity contribution in [1.82, 2.24) is 0 Å². The first kappa shape index (κ1) is 8.65. The largest absolute Gasteiger partial charge is 0.478 e. The normalized spacial score (nSPS) is 19.6. The lowest BCUT2D eigenvalue weighted by Gasteiger charge is -2.01. The second-order valence-corrected chi connectivity index (χ2v) is 3.89. The molecule has 1 N–H and O–H groups in total. The number of carboxylic acid groups (broad SMARTS) is 1. The molecular weight excluding hydrogens is 160 g/mol. The molecule has 0 amide bonds. The topological polar surface area (TPSA) is 37.3 Å². The van der Waals surface area contributed by atoms with Crippen LogP contribution in [0.5, 0.6) is 0 Å². The van der Waals surface area contributed by atoms with Gasteiger partial charge in [0.05, 0.1) is 0 Å². The first-order chi connectivity index (χ1) is 5.29. The molecule has 0 radical (unpaired) electrons. The summed E-state index contributed by atoms with van der Waals surface area (Å²) in [6.45, 7) is 0. The zero-order chi connectivity index (χ0) is 8.10. The molecule has 0 aromatic heterocycles. The maximum atomic E-state index is 10.1. The van der Waals surface area contributed by atoms with Crippen molar-refractivity contribution in [3.63, 3.8) is 0 Å². The number of carbonyl (C=O) groups is 1. The van der Waals surface area contributed by atoms with Crippen molar-refractivity contribution in [2.45, 2.75) is 30.9 Å². The van der Waals surface area contributed by atoms with E-state index in [-0.39, 0.29) is 0 Å². The quantitative estimate of drug-likeness (QED) is 0.663. The molecule has 0 heterocycles. The molecule has 0 atom stereocenters. The van der Waals surface area contributed by atoms with Crippen LogP contribution in [0.25, 0.3) is 0 Å². The Kier molecular flexibility index (Phi) is 3.49. The van der Waals surface area contributed by atoms with Crippen LogP contribution in [0.1, 0.15) is 25.7 Å². The smallest absolute Gasteiger partial charge is 0.328 e. The minimum Gasteiger partial charge on any atom is -0.478 e. The van der Waals surface area contributed by atoms with E-state index < -0.39 is 5.97 Å². The molecule has 0 unspecified atom stereocenters. The van der Waals surface area contributed by atoms with Gasteiger partial charge in [-0.25, -0.2) is 4.79 Å². The Balaban J connectivity index is 2.15. The van der Waals surface area contributed by atoms with Crippen molar-refractivity contribution in [2.24, 2.45) is 0 Å². The van der Waals surface area contributed by atoms with Gasteiger partial charge in [-0.15, -0.1) is 11.8 Å². The molecule has 1 aliphatic carbocycles. The molecular formula is C8H12O2S. The van der Waals surface area contributed by atoms with Gasteiger partial charge in [-0.2, -0.15) is 0 Å². The monoisotopic (exact) mass is 172 g/mol. The Morgan fingerprint density at radius 2 is 2.09 bits per heavy atom. The lowest BCUT2D eigenvalue weighted by atomic mass is 10.4. The van der Waals surface area contributed by atoms with Crippen LogP contribution in [0.2, 0.25) is 0 Å². The number of aliphatic carboxylic acids is 1. The van der Waals surface area contributed by atoms with Gasteiger partial charge in [0.25, 0.3) is 0 Å². The summed E-state index contributed by atoms with van der Waals surface area (Å²) in [5, 5.41) is 10.7. The summed E-state index contributed by atoms with van der Waals surface area (Å²) >= 11 is 1.65. The molecule has 0 aliphatic heterocycles. The molecule has 0 aromatic rings. The minimum atomic E-state index is -0.851. The second-order valence-electron chi connectivity index (χ2n) is 2.68. The lowest BCUT2D eigenvalue weighted by molar-refractivity contribution is -0.131. The zero-order valence-electron chi connectivity index (χ0n) is 6.32. The van der Waals surface area contributed by atoms with Gasteiger partial charge < -0.3 is 5.11 Å². The van der Waals surface area contributed by atoms with Crippen LogP contribution in [-0.2, 0) is 4.79 Å². The zero-order valence-corrected chi connectivity index (χ0v) is 7.14. The molecule has 1 saturated carbocycles. The Morgan fingerprint density at radius 3 is 2.64 bits per heavy atom. The second kappa shape index (κ2) is 4.44. The summed E-state index contributed by atoms with van der Waals surface area (Å²) in [4.78, 5) is 10.1. The fourth-order valence-corrected chi connectivity index (χ4v) is 2.26. The van der Waals surface area contributed by atoms with E-state index in [2.05, 4.69) is 0 Å². The molecule has 1 aliphatic rings. The van der Waals surface area contributed by atoms with Crippen molar-refractivity contribution in [1.29, 1.82) is 0 Å². The Hall–Kier alpha value is -0.440. The highest BCUT2D eigenvalue weighted by Crippen LogP contribution is 2.29. The van der Waals surface area contributed by atoms with E-state index in [4.69, 9.17) is 5.11 Å². The fourth-order valence-electron chi connectivity index (χ4n) is 1.23. The third-order valence-electron chi connectivity index (χ3n) is 1.78. The highest BCUT2D eigenvalue weighted by Gasteiger charge is 2.13. The standard InChI is InChI=1S/C8H12O2S/c9-8(10)5-6-11-7-3-1-2-4-7/h5-7H,1-4H2,(H,9,10). The molecule has 0 aromatic carbocycles. The third kappa shape index (κ3) is 3.46. The lowest BCUT2D eigenvalue weighted by Crippen LogP contribution is -1.91. The van der Waals surface area contributed by atoms with Crippen LogP contribution >= 0.6 is 11.8 Å². The van der Waals surface area contributed by atoms with Crippen LogP contribution in [0.4, 0.5) is 0 Å². The van der Waals surface area contributed by atoms with Crippen LogP contribution in [0.15, 0.2) is 11.5 Å². The van der Waals surface area contributed by atoms with E-state index in [1.165, 1.54) is 31.8 Å². The maximum Gasteiger partial charge on any atom is 0.328 e. The summed E-state index contributed by atoms with van der Waals surface area (Å²) in [6, 6.07) is 0. The number of hydrogen-bond acceptors (Lipinski definition) is 2. The number of rotatable bonds is 3. The van der Waals surface area contributed by atoms with E-state index in [0.29, 0.717) is 5.25 Å². The van der Waals surface area contributed by atoms with E-state index in [0.717, 1.165) is 0 Å². The van der Waals surface area contributed by atoms with E-state index in [1.807, 2.05) is 0 Å². The van der Waals surface area contributed by atoms with E-state index in [1.54, 1.807) is 17.2 Å². The fraction of sp³-hybridized carbons (Fsp3) is 0.625. The number of thioether (sulfide) groups is 1. The van der Waals surface area contributed by atoms with Crippen molar-refractivity contribution in [2.75, 3.05) is 0 Å². The van der Waals surface area contributed by atoms with Crippen molar-refractivity contribution >= 4 is 17.7 Å². The number of hydrogen-bond donors (Lipinski definition) is 1. The highest BCUT2D eigenvalue weighted by atomic mass is 32.2. The SMILES string of the molecule is O=C(O)C=CSC1CCCC1. The van der Waals surface area contributed by atoms with Crippen LogP contribution in [-0.4, -0.2) is 16.3 Å². The summed E-state index contributed by atoms with van der Waals surface area (Å²) in [6.07, 6.45) is 6.31. The van der Waals surface area contributed by atoms with Crippen LogP contribution < -0.4 is 0 Å². The average molecular weight is 172 g/mol. The Morgan fingerprint density at radius 1 is 1.45 bits per heavy atom.